The summed E-state index contributed by atoms with van der Waals surface area (Å²) < 4.78 is 11.4. The van der Waals surface area contributed by atoms with Crippen molar-refractivity contribution >= 4 is 47.0 Å². The number of phenolic OH excluding ortho intramolecular Hbond substituents is 1. The van der Waals surface area contributed by atoms with Gasteiger partial charge in [0.1, 0.15) is 11.9 Å². The highest BCUT2D eigenvalue weighted by Crippen LogP contribution is 2.59. The summed E-state index contributed by atoms with van der Waals surface area (Å²) in [6.07, 6.45) is 9.97. The molecule has 39 heavy (non-hydrogen) atoms. The number of unbranched alkanes of at least 4 members (excludes halogenated alkanes) is 2. The fraction of sp³-hybridized carbons (Fsp3) is 0.536. The Kier molecular flexibility index (Phi) is 7.69. The molecule has 2 fully saturated rings. The number of thioether (sulfide) groups is 2. The Morgan fingerprint density at radius 2 is 1.95 bits per heavy atom. The van der Waals surface area contributed by atoms with Gasteiger partial charge in [-0.25, -0.2) is 0 Å². The lowest BCUT2D eigenvalue weighted by molar-refractivity contribution is -0.158. The molecule has 9 nitrogen and oxygen atoms in total. The summed E-state index contributed by atoms with van der Waals surface area (Å²) in [7, 11) is 0. The lowest BCUT2D eigenvalue weighted by Gasteiger charge is -2.52. The van der Waals surface area contributed by atoms with Gasteiger partial charge in [0.2, 0.25) is 0 Å². The average molecular weight is 575 g/mol. The number of para-hydroxylation sites is 1. The molecule has 5 rings (SSSR count). The second kappa shape index (κ2) is 10.7. The van der Waals surface area contributed by atoms with Crippen LogP contribution in [-0.4, -0.2) is 73.4 Å². The number of aliphatic hydroxyl groups is 1. The van der Waals surface area contributed by atoms with E-state index in [4.69, 9.17) is 9.47 Å². The number of anilines is 1. The number of amides is 2. The molecule has 1 aromatic rings. The van der Waals surface area contributed by atoms with Crippen molar-refractivity contribution in [3.05, 3.63) is 47.9 Å². The molecule has 1 aromatic carbocycles. The predicted octanol–water partition coefficient (Wildman–Crippen LogP) is 3.69. The minimum atomic E-state index is -1.31. The Labute approximate surface area is 236 Å². The van der Waals surface area contributed by atoms with Gasteiger partial charge in [-0.1, -0.05) is 38.3 Å². The molecular formula is C28H34N2O7S2. The highest BCUT2D eigenvalue weighted by atomic mass is 32.2. The zero-order valence-corrected chi connectivity index (χ0v) is 23.9. The zero-order valence-electron chi connectivity index (χ0n) is 22.3. The number of piperazine rings is 1. The van der Waals surface area contributed by atoms with E-state index >= 15 is 0 Å². The summed E-state index contributed by atoms with van der Waals surface area (Å²) in [4.78, 5) is 42.4. The van der Waals surface area contributed by atoms with Crippen molar-refractivity contribution in [2.75, 3.05) is 17.4 Å². The van der Waals surface area contributed by atoms with Crippen molar-refractivity contribution in [3.63, 3.8) is 0 Å². The minimum absolute atomic E-state index is 0.0451. The van der Waals surface area contributed by atoms with Gasteiger partial charge in [-0.05, 0) is 42.2 Å². The third-order valence-electron chi connectivity index (χ3n) is 8.06. The van der Waals surface area contributed by atoms with E-state index in [-0.39, 0.29) is 36.8 Å². The van der Waals surface area contributed by atoms with Gasteiger partial charge in [0, 0.05) is 12.8 Å². The summed E-state index contributed by atoms with van der Waals surface area (Å²) in [5.41, 5.74) is 1.76. The Balaban J connectivity index is 1.50. The van der Waals surface area contributed by atoms with E-state index in [1.54, 1.807) is 29.6 Å². The number of fused-ring (bicyclic) bond motifs is 6. The molecule has 0 aromatic heterocycles. The number of hydrogen-bond acceptors (Lipinski definition) is 9. The van der Waals surface area contributed by atoms with Crippen LogP contribution in [0.25, 0.3) is 0 Å². The molecule has 0 bridgehead atoms. The van der Waals surface area contributed by atoms with Crippen LogP contribution in [0.15, 0.2) is 42.4 Å². The van der Waals surface area contributed by atoms with Crippen LogP contribution in [0.2, 0.25) is 0 Å². The maximum Gasteiger partial charge on any atom is 0.309 e. The minimum Gasteiger partial charge on any atom is -0.506 e. The smallest absolute Gasteiger partial charge is 0.309 e. The van der Waals surface area contributed by atoms with E-state index in [2.05, 4.69) is 6.92 Å². The molecule has 2 N–H and O–H groups in total. The van der Waals surface area contributed by atoms with Gasteiger partial charge in [0.05, 0.1) is 36.8 Å². The number of phenols is 1. The van der Waals surface area contributed by atoms with Crippen molar-refractivity contribution in [3.8, 4) is 5.75 Å². The first-order chi connectivity index (χ1) is 18.7. The molecule has 11 heteroatoms. The molecule has 0 aliphatic carbocycles. The van der Waals surface area contributed by atoms with Crippen molar-refractivity contribution in [2.45, 2.75) is 79.9 Å². The molecule has 210 valence electrons. The summed E-state index contributed by atoms with van der Waals surface area (Å²) in [5, 5.41) is 21.1. The second-order valence-corrected chi connectivity index (χ2v) is 12.5. The number of carbonyl (C=O) groups excluding carboxylic acids is 3. The normalized spacial score (nSPS) is 29.6. The van der Waals surface area contributed by atoms with Crippen LogP contribution in [0.1, 0.15) is 51.0 Å². The number of aliphatic hydroxyl groups excluding tert-OH is 1. The first-order valence-corrected chi connectivity index (χ1v) is 15.7. The summed E-state index contributed by atoms with van der Waals surface area (Å²) >= 11 is 2.51. The van der Waals surface area contributed by atoms with E-state index in [1.165, 1.54) is 47.0 Å². The topological polar surface area (TPSA) is 117 Å². The van der Waals surface area contributed by atoms with Gasteiger partial charge in [-0.15, -0.1) is 23.5 Å². The number of carbonyl (C=O) groups is 3. The second-order valence-electron chi connectivity index (χ2n) is 10.3. The average Bonchev–Trinajstić information content (AvgIpc) is 3.38. The number of aromatic hydroxyl groups is 1. The van der Waals surface area contributed by atoms with E-state index in [1.807, 2.05) is 6.07 Å². The Morgan fingerprint density at radius 1 is 1.18 bits per heavy atom. The lowest BCUT2D eigenvalue weighted by atomic mass is 10.0. The van der Waals surface area contributed by atoms with Crippen LogP contribution in [0, 0.1) is 0 Å². The molecule has 4 aliphatic heterocycles. The van der Waals surface area contributed by atoms with Gasteiger partial charge >= 0.3 is 5.97 Å². The number of rotatable bonds is 9. The van der Waals surface area contributed by atoms with Crippen LogP contribution in [0.4, 0.5) is 5.69 Å². The first-order valence-electron chi connectivity index (χ1n) is 13.2. The van der Waals surface area contributed by atoms with Crippen molar-refractivity contribution < 1.29 is 34.1 Å². The van der Waals surface area contributed by atoms with E-state index < -0.39 is 34.0 Å². The Bertz CT molecular complexity index is 1240. The van der Waals surface area contributed by atoms with Crippen LogP contribution >= 0.6 is 23.5 Å². The van der Waals surface area contributed by atoms with Gasteiger partial charge in [-0.3, -0.25) is 19.3 Å². The molecule has 5 atom stereocenters. The number of ether oxygens (including phenoxy) is 2. The molecule has 5 unspecified atom stereocenters. The molecule has 0 radical (unpaired) electrons. The fourth-order valence-corrected chi connectivity index (χ4v) is 8.08. The highest BCUT2D eigenvalue weighted by molar-refractivity contribution is 8.01. The number of esters is 1. The van der Waals surface area contributed by atoms with Gasteiger partial charge in [0.25, 0.3) is 11.8 Å². The molecule has 2 saturated heterocycles. The van der Waals surface area contributed by atoms with Crippen molar-refractivity contribution in [1.82, 2.24) is 4.90 Å². The monoisotopic (exact) mass is 574 g/mol. The van der Waals surface area contributed by atoms with E-state index in [0.29, 0.717) is 17.7 Å². The molecule has 0 spiro atoms. The molecular weight excluding hydrogens is 540 g/mol. The summed E-state index contributed by atoms with van der Waals surface area (Å²) in [5.74, 6) is -1.22. The molecule has 0 saturated carbocycles. The van der Waals surface area contributed by atoms with E-state index in [9.17, 15) is 24.6 Å². The molecule has 2 amide bonds. The number of nitrogens with zero attached hydrogens (tertiary/aromatic N) is 2. The largest absolute Gasteiger partial charge is 0.506 e. The standard InChI is InChI=1S/C28H34N2O7S2/c1-4-5-6-9-19(31)13-22(33)37-21-11-12-36-16-18-15-28(39-3)25(34)29-23-17(8-7-10-20(23)32)14-27(29,38-2)26(35)30(28)24(18)21/h7-8,10-12,16,19,21,24,31-32H,4-6,9,13-15H2,1-3H3. The predicted molar refractivity (Wildman–Crippen MR) is 150 cm³/mol. The first kappa shape index (κ1) is 27.9. The maximum absolute atomic E-state index is 14.6. The van der Waals surface area contributed by atoms with Crippen molar-refractivity contribution in [1.29, 1.82) is 0 Å². The Morgan fingerprint density at radius 3 is 2.67 bits per heavy atom. The number of hydrogen-bond donors (Lipinski definition) is 2. The third-order valence-corrected chi connectivity index (χ3v) is 10.4. The summed E-state index contributed by atoms with van der Waals surface area (Å²) in [6, 6.07) is 4.31. The van der Waals surface area contributed by atoms with Crippen LogP contribution < -0.4 is 4.90 Å². The zero-order chi connectivity index (χ0) is 27.9. The fourth-order valence-electron chi connectivity index (χ4n) is 6.18. The van der Waals surface area contributed by atoms with Crippen molar-refractivity contribution in [2.24, 2.45) is 0 Å². The highest BCUT2D eigenvalue weighted by Gasteiger charge is 2.71. The number of benzene rings is 1. The Hall–Kier alpha value is -2.63. The third kappa shape index (κ3) is 4.33. The lowest BCUT2D eigenvalue weighted by Crippen LogP contribution is -2.74. The maximum atomic E-state index is 14.6. The van der Waals surface area contributed by atoms with Gasteiger partial charge in [0.15, 0.2) is 9.74 Å². The summed E-state index contributed by atoms with van der Waals surface area (Å²) in [6.45, 7) is 2.07. The SMILES string of the molecule is CCCCCC(O)CC(=O)OC1C=COC=C2CC3(SC)C(=O)N4c5c(O)cccc5CC4(SC)C(=O)N3C21. The van der Waals surface area contributed by atoms with Gasteiger partial charge in [-0.2, -0.15) is 0 Å². The van der Waals surface area contributed by atoms with E-state index in [0.717, 1.165) is 24.8 Å². The van der Waals surface area contributed by atoms with Crippen LogP contribution in [-0.2, 0) is 30.3 Å². The molecule has 4 heterocycles. The quantitative estimate of drug-likeness (QED) is 0.336. The molecule has 4 aliphatic rings. The van der Waals surface area contributed by atoms with Gasteiger partial charge < -0.3 is 24.6 Å². The van der Waals surface area contributed by atoms with Crippen LogP contribution in [0.5, 0.6) is 5.75 Å². The van der Waals surface area contributed by atoms with Crippen LogP contribution in [0.3, 0.4) is 0 Å².